The summed E-state index contributed by atoms with van der Waals surface area (Å²) in [4.78, 5) is 15.6. The van der Waals surface area contributed by atoms with Crippen molar-refractivity contribution in [1.82, 2.24) is 10.6 Å². The van der Waals surface area contributed by atoms with Gasteiger partial charge in [-0.25, -0.2) is 0 Å². The summed E-state index contributed by atoms with van der Waals surface area (Å²) in [6, 6.07) is 0. The van der Waals surface area contributed by atoms with Crippen LogP contribution in [-0.2, 0) is 4.79 Å². The van der Waals surface area contributed by atoms with Gasteiger partial charge in [-0.2, -0.15) is 0 Å². The molecule has 1 atom stereocenters. The highest BCUT2D eigenvalue weighted by Gasteiger charge is 2.42. The summed E-state index contributed by atoms with van der Waals surface area (Å²) in [5, 5.41) is 5.90. The lowest BCUT2D eigenvalue weighted by atomic mass is 9.76. The minimum Gasteiger partial charge on any atom is -0.342 e. The third kappa shape index (κ3) is 1.49. The Labute approximate surface area is 84.2 Å². The lowest BCUT2D eigenvalue weighted by Gasteiger charge is -2.32. The molecule has 2 N–H and O–H groups in total. The Hall–Kier alpha value is -1.06. The van der Waals surface area contributed by atoms with Gasteiger partial charge in [0.15, 0.2) is 5.96 Å². The molecule has 0 aromatic rings. The molecule has 2 aliphatic rings. The maximum atomic E-state index is 11.7. The minimum atomic E-state index is -0.431. The molecular formula is C10H17N3O. The molecule has 4 nitrogen and oxygen atoms in total. The first-order chi connectivity index (χ1) is 6.64. The topological polar surface area (TPSA) is 53.5 Å². The average Bonchev–Trinajstić information content (AvgIpc) is 2.37. The number of carbonyl (C=O) groups excluding carboxylic acids is 1. The number of rotatable bonds is 2. The summed E-state index contributed by atoms with van der Waals surface area (Å²) in [5.74, 6) is 1.39. The molecule has 1 saturated carbocycles. The fourth-order valence-electron chi connectivity index (χ4n) is 2.12. The number of nitrogens with one attached hydrogen (secondary N) is 2. The van der Waals surface area contributed by atoms with E-state index in [2.05, 4.69) is 15.6 Å². The quantitative estimate of drug-likeness (QED) is 0.679. The summed E-state index contributed by atoms with van der Waals surface area (Å²) < 4.78 is 0. The van der Waals surface area contributed by atoms with Crippen LogP contribution in [0.25, 0.3) is 0 Å². The van der Waals surface area contributed by atoms with Crippen molar-refractivity contribution >= 4 is 11.9 Å². The molecule has 0 radical (unpaired) electrons. The van der Waals surface area contributed by atoms with Crippen LogP contribution in [0.15, 0.2) is 4.99 Å². The molecule has 0 aromatic heterocycles. The zero-order valence-electron chi connectivity index (χ0n) is 8.76. The van der Waals surface area contributed by atoms with Crippen molar-refractivity contribution < 1.29 is 4.79 Å². The monoisotopic (exact) mass is 195 g/mol. The molecule has 0 bridgehead atoms. The van der Waals surface area contributed by atoms with Gasteiger partial charge in [-0.15, -0.1) is 0 Å². The highest BCUT2D eigenvalue weighted by molar-refractivity contribution is 6.08. The zero-order valence-corrected chi connectivity index (χ0v) is 8.76. The first kappa shape index (κ1) is 9.49. The van der Waals surface area contributed by atoms with Gasteiger partial charge in [0.2, 0.25) is 0 Å². The van der Waals surface area contributed by atoms with Crippen LogP contribution in [0.1, 0.15) is 32.6 Å². The third-order valence-corrected chi connectivity index (χ3v) is 3.27. The Bertz CT molecular complexity index is 283. The molecule has 1 unspecified atom stereocenters. The van der Waals surface area contributed by atoms with Crippen LogP contribution in [0.3, 0.4) is 0 Å². The summed E-state index contributed by atoms with van der Waals surface area (Å²) in [6.07, 6.45) is 4.78. The van der Waals surface area contributed by atoms with Gasteiger partial charge in [0, 0.05) is 7.05 Å². The molecule has 2 fully saturated rings. The number of guanidine groups is 1. The smallest absolute Gasteiger partial charge is 0.252 e. The minimum absolute atomic E-state index is 0.0602. The highest BCUT2D eigenvalue weighted by atomic mass is 16.2. The van der Waals surface area contributed by atoms with Crippen LogP contribution in [0.4, 0.5) is 0 Å². The van der Waals surface area contributed by atoms with Gasteiger partial charge in [0.1, 0.15) is 5.54 Å². The van der Waals surface area contributed by atoms with Gasteiger partial charge in [-0.05, 0) is 19.3 Å². The SMILES string of the molecule is CN=C1NC(=O)C(C)(CC2CCC2)N1. The molecule has 2 rings (SSSR count). The maximum absolute atomic E-state index is 11.7. The Balaban J connectivity index is 2.03. The van der Waals surface area contributed by atoms with E-state index in [0.717, 1.165) is 12.3 Å². The van der Waals surface area contributed by atoms with Crippen LogP contribution < -0.4 is 10.6 Å². The van der Waals surface area contributed by atoms with E-state index in [1.165, 1.54) is 19.3 Å². The van der Waals surface area contributed by atoms with E-state index >= 15 is 0 Å². The van der Waals surface area contributed by atoms with Gasteiger partial charge >= 0.3 is 0 Å². The normalized spacial score (nSPS) is 35.3. The van der Waals surface area contributed by atoms with Crippen molar-refractivity contribution in [2.75, 3.05) is 7.05 Å². The maximum Gasteiger partial charge on any atom is 0.252 e. The standard InChI is InChI=1S/C10H17N3O/c1-10(6-7-4-3-5-7)8(14)12-9(11-2)13-10/h7H,3-6H2,1-2H3,(H2,11,12,13,14). The van der Waals surface area contributed by atoms with Crippen molar-refractivity contribution in [2.45, 2.75) is 38.1 Å². The Morgan fingerprint density at radius 1 is 1.57 bits per heavy atom. The predicted octanol–water partition coefficient (Wildman–Crippen LogP) is 0.640. The average molecular weight is 195 g/mol. The second-order valence-corrected chi connectivity index (χ2v) is 4.48. The van der Waals surface area contributed by atoms with E-state index in [1.807, 2.05) is 6.92 Å². The fourth-order valence-corrected chi connectivity index (χ4v) is 2.12. The second kappa shape index (κ2) is 3.26. The van der Waals surface area contributed by atoms with Gasteiger partial charge < -0.3 is 5.32 Å². The molecule has 1 aliphatic heterocycles. The number of hydrogen-bond donors (Lipinski definition) is 2. The van der Waals surface area contributed by atoms with Gasteiger partial charge in [-0.1, -0.05) is 19.3 Å². The van der Waals surface area contributed by atoms with E-state index < -0.39 is 5.54 Å². The largest absolute Gasteiger partial charge is 0.342 e. The molecule has 78 valence electrons. The lowest BCUT2D eigenvalue weighted by Crippen LogP contribution is -2.46. The van der Waals surface area contributed by atoms with Crippen LogP contribution >= 0.6 is 0 Å². The van der Waals surface area contributed by atoms with E-state index in [1.54, 1.807) is 7.05 Å². The Kier molecular flexibility index (Phi) is 2.21. The first-order valence-electron chi connectivity index (χ1n) is 5.20. The second-order valence-electron chi connectivity index (χ2n) is 4.48. The summed E-state index contributed by atoms with van der Waals surface area (Å²) >= 11 is 0. The zero-order chi connectivity index (χ0) is 10.2. The molecule has 0 spiro atoms. The Morgan fingerprint density at radius 3 is 2.71 bits per heavy atom. The summed E-state index contributed by atoms with van der Waals surface area (Å²) in [7, 11) is 1.68. The molecule has 1 saturated heterocycles. The molecule has 1 heterocycles. The van der Waals surface area contributed by atoms with E-state index in [9.17, 15) is 4.79 Å². The number of carbonyl (C=O) groups is 1. The third-order valence-electron chi connectivity index (χ3n) is 3.27. The molecule has 1 aliphatic carbocycles. The molecule has 14 heavy (non-hydrogen) atoms. The van der Waals surface area contributed by atoms with Crippen LogP contribution in [0, 0.1) is 5.92 Å². The van der Waals surface area contributed by atoms with Gasteiger partial charge in [0.05, 0.1) is 0 Å². The summed E-state index contributed by atoms with van der Waals surface area (Å²) in [5.41, 5.74) is -0.431. The fraction of sp³-hybridized carbons (Fsp3) is 0.800. The van der Waals surface area contributed by atoms with Gasteiger partial charge in [-0.3, -0.25) is 15.1 Å². The van der Waals surface area contributed by atoms with Gasteiger partial charge in [0.25, 0.3) is 5.91 Å². The van der Waals surface area contributed by atoms with Crippen molar-refractivity contribution in [3.63, 3.8) is 0 Å². The van der Waals surface area contributed by atoms with Crippen molar-refractivity contribution in [3.8, 4) is 0 Å². The number of aliphatic imine (C=N–C) groups is 1. The summed E-state index contributed by atoms with van der Waals surface area (Å²) in [6.45, 7) is 1.96. The van der Waals surface area contributed by atoms with E-state index in [-0.39, 0.29) is 5.91 Å². The highest BCUT2D eigenvalue weighted by Crippen LogP contribution is 2.34. The number of nitrogens with zero attached hydrogens (tertiary/aromatic N) is 1. The van der Waals surface area contributed by atoms with Crippen LogP contribution in [-0.4, -0.2) is 24.5 Å². The van der Waals surface area contributed by atoms with Crippen molar-refractivity contribution in [2.24, 2.45) is 10.9 Å². The van der Waals surface area contributed by atoms with Crippen LogP contribution in [0.2, 0.25) is 0 Å². The molecule has 4 heteroatoms. The van der Waals surface area contributed by atoms with E-state index in [0.29, 0.717) is 5.96 Å². The molecule has 1 amide bonds. The molecule has 0 aromatic carbocycles. The van der Waals surface area contributed by atoms with Crippen LogP contribution in [0.5, 0.6) is 0 Å². The number of hydrogen-bond acceptors (Lipinski definition) is 2. The first-order valence-corrected chi connectivity index (χ1v) is 5.20. The van der Waals surface area contributed by atoms with E-state index in [4.69, 9.17) is 0 Å². The predicted molar refractivity (Wildman–Crippen MR) is 55.0 cm³/mol. The van der Waals surface area contributed by atoms with Crippen molar-refractivity contribution in [3.05, 3.63) is 0 Å². The van der Waals surface area contributed by atoms with Crippen molar-refractivity contribution in [1.29, 1.82) is 0 Å². The Morgan fingerprint density at radius 2 is 2.29 bits per heavy atom. The lowest BCUT2D eigenvalue weighted by molar-refractivity contribution is -0.124. The number of amides is 1. The molecular weight excluding hydrogens is 178 g/mol.